The van der Waals surface area contributed by atoms with Crippen LogP contribution in [0.4, 0.5) is 17.5 Å². The van der Waals surface area contributed by atoms with Crippen molar-refractivity contribution in [2.75, 3.05) is 61.6 Å². The van der Waals surface area contributed by atoms with Crippen molar-refractivity contribution < 1.29 is 9.47 Å². The molecule has 0 amide bonds. The van der Waals surface area contributed by atoms with Crippen LogP contribution in [0, 0.1) is 0 Å². The Kier molecular flexibility index (Phi) is 6.99. The van der Waals surface area contributed by atoms with E-state index < -0.39 is 0 Å². The predicted molar refractivity (Wildman–Crippen MR) is 166 cm³/mol. The lowest BCUT2D eigenvalue weighted by atomic mass is 10.1. The van der Waals surface area contributed by atoms with Crippen molar-refractivity contribution in [2.24, 2.45) is 0 Å². The Morgan fingerprint density at radius 1 is 0.690 bits per heavy atom. The molecule has 214 valence electrons. The Morgan fingerprint density at radius 3 is 2.17 bits per heavy atom. The highest BCUT2D eigenvalue weighted by Gasteiger charge is 2.29. The lowest BCUT2D eigenvalue weighted by Crippen LogP contribution is -2.47. The quantitative estimate of drug-likeness (QED) is 0.268. The third-order valence-electron chi connectivity index (χ3n) is 8.25. The maximum atomic E-state index is 5.63. The monoisotopic (exact) mass is 561 g/mol. The minimum atomic E-state index is 0.674. The van der Waals surface area contributed by atoms with Gasteiger partial charge < -0.3 is 24.2 Å². The molecule has 42 heavy (non-hydrogen) atoms. The van der Waals surface area contributed by atoms with Crippen LogP contribution >= 0.6 is 0 Å². The normalized spacial score (nSPS) is 14.9. The Labute approximate surface area is 245 Å². The minimum Gasteiger partial charge on any atom is -0.497 e. The molecule has 1 fully saturated rings. The summed E-state index contributed by atoms with van der Waals surface area (Å²) in [7, 11) is 3.43. The second kappa shape index (κ2) is 11.2. The van der Waals surface area contributed by atoms with Gasteiger partial charge in [-0.2, -0.15) is 15.1 Å². The second-order valence-electron chi connectivity index (χ2n) is 10.8. The Balaban J connectivity index is 1.23. The molecule has 1 saturated heterocycles. The lowest BCUT2D eigenvalue weighted by Gasteiger charge is -2.37. The summed E-state index contributed by atoms with van der Waals surface area (Å²) < 4.78 is 13.1. The number of benzene rings is 3. The Morgan fingerprint density at radius 2 is 1.40 bits per heavy atom. The maximum absolute atomic E-state index is 5.63. The Bertz CT molecular complexity index is 1680. The van der Waals surface area contributed by atoms with Crippen LogP contribution in [0.1, 0.15) is 16.8 Å². The van der Waals surface area contributed by atoms with E-state index in [1.165, 1.54) is 11.1 Å². The van der Waals surface area contributed by atoms with E-state index in [0.29, 0.717) is 6.54 Å². The van der Waals surface area contributed by atoms with E-state index in [9.17, 15) is 0 Å². The van der Waals surface area contributed by atoms with Crippen LogP contribution < -0.4 is 24.2 Å². The molecule has 2 aromatic heterocycles. The molecule has 2 aliphatic rings. The third kappa shape index (κ3) is 4.95. The van der Waals surface area contributed by atoms with E-state index in [-0.39, 0.29) is 0 Å². The molecular formula is C33H35N7O2. The van der Waals surface area contributed by atoms with Crippen LogP contribution in [-0.4, -0.2) is 66.7 Å². The van der Waals surface area contributed by atoms with Crippen LogP contribution in [0.25, 0.3) is 11.0 Å². The smallest absolute Gasteiger partial charge is 0.229 e. The molecule has 0 saturated carbocycles. The summed E-state index contributed by atoms with van der Waals surface area (Å²) in [6.45, 7) is 5.66. The molecule has 0 unspecified atom stereocenters. The van der Waals surface area contributed by atoms with Crippen LogP contribution in [0.2, 0.25) is 0 Å². The zero-order valence-corrected chi connectivity index (χ0v) is 24.1. The van der Waals surface area contributed by atoms with E-state index in [1.807, 2.05) is 30.3 Å². The van der Waals surface area contributed by atoms with Gasteiger partial charge in [0.05, 0.1) is 37.5 Å². The molecule has 7 rings (SSSR count). The van der Waals surface area contributed by atoms with Gasteiger partial charge in [-0.3, -0.25) is 0 Å². The van der Waals surface area contributed by atoms with Crippen LogP contribution in [0.5, 0.6) is 11.5 Å². The second-order valence-corrected chi connectivity index (χ2v) is 10.8. The summed E-state index contributed by atoms with van der Waals surface area (Å²) in [5.74, 6) is 3.50. The van der Waals surface area contributed by atoms with Crippen LogP contribution in [-0.2, 0) is 19.5 Å². The van der Waals surface area contributed by atoms with Gasteiger partial charge in [-0.1, -0.05) is 54.6 Å². The van der Waals surface area contributed by atoms with Crippen molar-refractivity contribution >= 4 is 28.5 Å². The summed E-state index contributed by atoms with van der Waals surface area (Å²) in [6.07, 6.45) is 0.863. The van der Waals surface area contributed by atoms with Gasteiger partial charge in [0.15, 0.2) is 5.65 Å². The molecule has 3 aromatic carbocycles. The molecule has 9 heteroatoms. The first-order valence-electron chi connectivity index (χ1n) is 14.5. The highest BCUT2D eigenvalue weighted by Crippen LogP contribution is 2.35. The van der Waals surface area contributed by atoms with E-state index in [2.05, 4.69) is 67.9 Å². The zero-order valence-electron chi connectivity index (χ0n) is 24.1. The first-order chi connectivity index (χ1) is 20.7. The first kappa shape index (κ1) is 26.1. The number of anilines is 3. The van der Waals surface area contributed by atoms with Gasteiger partial charge in [0, 0.05) is 45.7 Å². The summed E-state index contributed by atoms with van der Waals surface area (Å²) in [5.41, 5.74) is 5.53. The SMILES string of the molecule is COc1ccc(CN2CCc3nn(Cc4ccccc4)c4nc(N5CCN(c6ccccc6OC)CC5)nc2c34)cc1. The Hall–Kier alpha value is -4.79. The van der Waals surface area contributed by atoms with Crippen molar-refractivity contribution in [1.82, 2.24) is 19.7 Å². The van der Waals surface area contributed by atoms with E-state index in [1.54, 1.807) is 14.2 Å². The van der Waals surface area contributed by atoms with Crippen molar-refractivity contribution in [2.45, 2.75) is 19.5 Å². The van der Waals surface area contributed by atoms with Gasteiger partial charge in [0.2, 0.25) is 5.95 Å². The van der Waals surface area contributed by atoms with Gasteiger partial charge >= 0.3 is 0 Å². The first-order valence-corrected chi connectivity index (χ1v) is 14.5. The number of piperazine rings is 1. The van der Waals surface area contributed by atoms with E-state index >= 15 is 0 Å². The molecule has 0 N–H and O–H groups in total. The van der Waals surface area contributed by atoms with Crippen LogP contribution in [0.3, 0.4) is 0 Å². The summed E-state index contributed by atoms with van der Waals surface area (Å²) in [6, 6.07) is 27.0. The predicted octanol–water partition coefficient (Wildman–Crippen LogP) is 4.78. The molecule has 0 radical (unpaired) electrons. The standard InChI is InChI=1S/C33H35N7O2/c1-41-26-14-12-25(13-15-26)22-39-17-16-27-30-31(39)34-33(35-32(30)40(36-27)23-24-8-4-3-5-9-24)38-20-18-37(19-21-38)28-10-6-7-11-29(28)42-2/h3-15H,16-23H2,1-2H3. The molecule has 4 heterocycles. The topological polar surface area (TPSA) is 71.8 Å². The highest BCUT2D eigenvalue weighted by atomic mass is 16.5. The summed E-state index contributed by atoms with van der Waals surface area (Å²) in [5, 5.41) is 6.14. The largest absolute Gasteiger partial charge is 0.497 e. The van der Waals surface area contributed by atoms with Crippen molar-refractivity contribution in [1.29, 1.82) is 0 Å². The number of para-hydroxylation sites is 2. The molecule has 0 aliphatic carbocycles. The molecule has 9 nitrogen and oxygen atoms in total. The number of ether oxygens (including phenoxy) is 2. The maximum Gasteiger partial charge on any atom is 0.229 e. The van der Waals surface area contributed by atoms with Crippen molar-refractivity contribution in [3.63, 3.8) is 0 Å². The molecular weight excluding hydrogens is 526 g/mol. The fraction of sp³-hybridized carbons (Fsp3) is 0.303. The number of rotatable bonds is 8. The van der Waals surface area contributed by atoms with Gasteiger partial charge in [-0.15, -0.1) is 0 Å². The van der Waals surface area contributed by atoms with Gasteiger partial charge in [-0.25, -0.2) is 4.68 Å². The van der Waals surface area contributed by atoms with Crippen molar-refractivity contribution in [3.05, 3.63) is 95.7 Å². The number of hydrogen-bond donors (Lipinski definition) is 0. The highest BCUT2D eigenvalue weighted by molar-refractivity contribution is 5.92. The average molecular weight is 562 g/mol. The molecule has 2 aliphatic heterocycles. The van der Waals surface area contributed by atoms with Gasteiger partial charge in [0.1, 0.15) is 17.3 Å². The van der Waals surface area contributed by atoms with Crippen molar-refractivity contribution in [3.8, 4) is 11.5 Å². The number of hydrogen-bond acceptors (Lipinski definition) is 8. The summed E-state index contributed by atoms with van der Waals surface area (Å²) >= 11 is 0. The fourth-order valence-corrected chi connectivity index (χ4v) is 6.02. The molecule has 0 spiro atoms. The molecule has 0 atom stereocenters. The van der Waals surface area contributed by atoms with Gasteiger partial charge in [-0.05, 0) is 35.4 Å². The third-order valence-corrected chi connectivity index (χ3v) is 8.25. The van der Waals surface area contributed by atoms with Crippen LogP contribution in [0.15, 0.2) is 78.9 Å². The number of nitrogens with zero attached hydrogens (tertiary/aromatic N) is 7. The van der Waals surface area contributed by atoms with E-state index in [4.69, 9.17) is 24.5 Å². The number of aromatic nitrogens is 4. The lowest BCUT2D eigenvalue weighted by molar-refractivity contribution is 0.413. The molecule has 5 aromatic rings. The van der Waals surface area contributed by atoms with Gasteiger partial charge in [0.25, 0.3) is 0 Å². The minimum absolute atomic E-state index is 0.674. The number of methoxy groups -OCH3 is 2. The zero-order chi connectivity index (χ0) is 28.5. The molecule has 0 bridgehead atoms. The van der Waals surface area contributed by atoms with E-state index in [0.717, 1.165) is 91.4 Å². The summed E-state index contributed by atoms with van der Waals surface area (Å²) in [4.78, 5) is 17.5. The fourth-order valence-electron chi connectivity index (χ4n) is 6.02. The average Bonchev–Trinajstić information content (AvgIpc) is 3.40.